The zero-order valence-corrected chi connectivity index (χ0v) is 8.22. The van der Waals surface area contributed by atoms with Crippen molar-refractivity contribution >= 4 is 11.6 Å². The molecule has 0 unspecified atom stereocenters. The van der Waals surface area contributed by atoms with Crippen LogP contribution in [0.5, 0.6) is 0 Å². The van der Waals surface area contributed by atoms with Crippen LogP contribution in [-0.2, 0) is 5.60 Å². The summed E-state index contributed by atoms with van der Waals surface area (Å²) in [5, 5.41) is 10.9. The molecule has 1 aromatic rings. The second-order valence-corrected chi connectivity index (χ2v) is 4.18. The minimum atomic E-state index is -0.579. The number of benzene rings is 1. The predicted molar refractivity (Wildman–Crippen MR) is 53.8 cm³/mol. The molecule has 1 aliphatic rings. The van der Waals surface area contributed by atoms with Crippen molar-refractivity contribution in [2.24, 2.45) is 0 Å². The van der Waals surface area contributed by atoms with Crippen LogP contribution in [0.1, 0.15) is 31.2 Å². The molecule has 0 atom stereocenters. The number of rotatable bonds is 1. The lowest BCUT2D eigenvalue weighted by atomic mass is 9.92. The first-order valence-corrected chi connectivity index (χ1v) is 5.07. The smallest absolute Gasteiger partial charge is 0.0896 e. The van der Waals surface area contributed by atoms with E-state index in [2.05, 4.69) is 0 Å². The van der Waals surface area contributed by atoms with Crippen molar-refractivity contribution in [1.29, 1.82) is 0 Å². The van der Waals surface area contributed by atoms with Crippen LogP contribution in [0.15, 0.2) is 24.3 Å². The van der Waals surface area contributed by atoms with Gasteiger partial charge in [-0.2, -0.15) is 0 Å². The fourth-order valence-electron chi connectivity index (χ4n) is 2.01. The Bertz CT molecular complexity index is 285. The number of halogens is 1. The van der Waals surface area contributed by atoms with E-state index in [0.29, 0.717) is 0 Å². The maximum Gasteiger partial charge on any atom is 0.0896 e. The van der Waals surface area contributed by atoms with Crippen LogP contribution in [0, 0.1) is 0 Å². The lowest BCUT2D eigenvalue weighted by Gasteiger charge is -2.22. The van der Waals surface area contributed by atoms with Gasteiger partial charge in [0.1, 0.15) is 0 Å². The summed E-state index contributed by atoms with van der Waals surface area (Å²) >= 11 is 5.78. The average molecular weight is 197 g/mol. The molecule has 2 heteroatoms. The molecule has 0 heterocycles. The van der Waals surface area contributed by atoms with Gasteiger partial charge in [0.05, 0.1) is 5.60 Å². The fourth-order valence-corrected chi connectivity index (χ4v) is 2.13. The van der Waals surface area contributed by atoms with Crippen molar-refractivity contribution in [1.82, 2.24) is 0 Å². The van der Waals surface area contributed by atoms with Crippen molar-refractivity contribution in [3.05, 3.63) is 34.9 Å². The molecule has 0 amide bonds. The Morgan fingerprint density at radius 2 is 1.62 bits per heavy atom. The SMILES string of the molecule is OC1(c2ccc(Cl)cc2)CCCC1. The summed E-state index contributed by atoms with van der Waals surface area (Å²) in [6, 6.07) is 7.53. The Hall–Kier alpha value is -0.530. The molecule has 0 saturated heterocycles. The molecule has 1 aromatic carbocycles. The van der Waals surface area contributed by atoms with Crippen molar-refractivity contribution in [2.45, 2.75) is 31.3 Å². The number of hydrogen-bond donors (Lipinski definition) is 1. The van der Waals surface area contributed by atoms with E-state index in [4.69, 9.17) is 11.6 Å². The maximum atomic E-state index is 10.2. The normalized spacial score (nSPS) is 20.5. The Balaban J connectivity index is 2.29. The quantitative estimate of drug-likeness (QED) is 0.732. The number of hydrogen-bond acceptors (Lipinski definition) is 1. The molecule has 1 nitrogen and oxygen atoms in total. The summed E-state index contributed by atoms with van der Waals surface area (Å²) < 4.78 is 0. The summed E-state index contributed by atoms with van der Waals surface area (Å²) in [5.74, 6) is 0. The van der Waals surface area contributed by atoms with Crippen molar-refractivity contribution < 1.29 is 5.11 Å². The van der Waals surface area contributed by atoms with E-state index in [-0.39, 0.29) is 0 Å². The van der Waals surface area contributed by atoms with Gasteiger partial charge in [0.2, 0.25) is 0 Å². The molecular weight excluding hydrogens is 184 g/mol. The standard InChI is InChI=1S/C11H13ClO/c12-10-5-3-9(4-6-10)11(13)7-1-2-8-11/h3-6,13H,1-2,7-8H2. The molecule has 1 N–H and O–H groups in total. The van der Waals surface area contributed by atoms with Crippen LogP contribution in [0.3, 0.4) is 0 Å². The Morgan fingerprint density at radius 3 is 2.15 bits per heavy atom. The van der Waals surface area contributed by atoms with Crippen LogP contribution in [0.2, 0.25) is 5.02 Å². The summed E-state index contributed by atoms with van der Waals surface area (Å²) in [4.78, 5) is 0. The number of aliphatic hydroxyl groups is 1. The van der Waals surface area contributed by atoms with E-state index >= 15 is 0 Å². The lowest BCUT2D eigenvalue weighted by Crippen LogP contribution is -2.20. The van der Waals surface area contributed by atoms with Gasteiger partial charge in [-0.25, -0.2) is 0 Å². The third kappa shape index (κ3) is 1.72. The van der Waals surface area contributed by atoms with Gasteiger partial charge in [-0.05, 0) is 30.5 Å². The summed E-state index contributed by atoms with van der Waals surface area (Å²) in [7, 11) is 0. The van der Waals surface area contributed by atoms with Gasteiger partial charge in [0.15, 0.2) is 0 Å². The molecule has 0 aliphatic heterocycles. The summed E-state index contributed by atoms with van der Waals surface area (Å²) in [6.07, 6.45) is 4.02. The van der Waals surface area contributed by atoms with Crippen molar-refractivity contribution in [3.8, 4) is 0 Å². The largest absolute Gasteiger partial charge is 0.385 e. The molecule has 1 fully saturated rings. The predicted octanol–water partition coefficient (Wildman–Crippen LogP) is 3.10. The third-order valence-corrected chi connectivity index (χ3v) is 3.06. The topological polar surface area (TPSA) is 20.2 Å². The van der Waals surface area contributed by atoms with E-state index < -0.39 is 5.60 Å². The van der Waals surface area contributed by atoms with Crippen LogP contribution in [-0.4, -0.2) is 5.11 Å². The first kappa shape index (κ1) is 9.04. The van der Waals surface area contributed by atoms with E-state index in [9.17, 15) is 5.11 Å². The van der Waals surface area contributed by atoms with Crippen molar-refractivity contribution in [2.75, 3.05) is 0 Å². The van der Waals surface area contributed by atoms with Gasteiger partial charge >= 0.3 is 0 Å². The van der Waals surface area contributed by atoms with Gasteiger partial charge in [-0.1, -0.05) is 36.6 Å². The maximum absolute atomic E-state index is 10.2. The van der Waals surface area contributed by atoms with Crippen LogP contribution in [0.4, 0.5) is 0 Å². The van der Waals surface area contributed by atoms with Gasteiger partial charge in [0.25, 0.3) is 0 Å². The highest BCUT2D eigenvalue weighted by molar-refractivity contribution is 6.30. The molecule has 0 aromatic heterocycles. The van der Waals surface area contributed by atoms with Gasteiger partial charge in [-0.3, -0.25) is 0 Å². The van der Waals surface area contributed by atoms with E-state index in [0.717, 1.165) is 36.3 Å². The minimum Gasteiger partial charge on any atom is -0.385 e. The van der Waals surface area contributed by atoms with Gasteiger partial charge in [0, 0.05) is 5.02 Å². The third-order valence-electron chi connectivity index (χ3n) is 2.81. The summed E-state index contributed by atoms with van der Waals surface area (Å²) in [5.41, 5.74) is 0.430. The van der Waals surface area contributed by atoms with E-state index in [1.54, 1.807) is 0 Å². The van der Waals surface area contributed by atoms with Crippen LogP contribution >= 0.6 is 11.6 Å². The Kier molecular flexibility index (Phi) is 2.31. The summed E-state index contributed by atoms with van der Waals surface area (Å²) in [6.45, 7) is 0. The first-order chi connectivity index (χ1) is 6.21. The van der Waals surface area contributed by atoms with E-state index in [1.807, 2.05) is 24.3 Å². The highest BCUT2D eigenvalue weighted by Gasteiger charge is 2.32. The second-order valence-electron chi connectivity index (χ2n) is 3.75. The van der Waals surface area contributed by atoms with Crippen molar-refractivity contribution in [3.63, 3.8) is 0 Å². The molecule has 1 saturated carbocycles. The molecule has 0 radical (unpaired) electrons. The zero-order chi connectivity index (χ0) is 9.31. The van der Waals surface area contributed by atoms with E-state index in [1.165, 1.54) is 0 Å². The van der Waals surface area contributed by atoms with Gasteiger partial charge in [-0.15, -0.1) is 0 Å². The molecular formula is C11H13ClO. The highest BCUT2D eigenvalue weighted by atomic mass is 35.5. The fraction of sp³-hybridized carbons (Fsp3) is 0.455. The molecule has 0 spiro atoms. The second kappa shape index (κ2) is 3.32. The van der Waals surface area contributed by atoms with Gasteiger partial charge < -0.3 is 5.11 Å². The molecule has 13 heavy (non-hydrogen) atoms. The highest BCUT2D eigenvalue weighted by Crippen LogP contribution is 2.38. The Labute approximate surface area is 83.3 Å². The molecule has 70 valence electrons. The molecule has 0 bridgehead atoms. The lowest BCUT2D eigenvalue weighted by molar-refractivity contribution is 0.0445. The Morgan fingerprint density at radius 1 is 1.08 bits per heavy atom. The molecule has 1 aliphatic carbocycles. The molecule has 2 rings (SSSR count). The van der Waals surface area contributed by atoms with Crippen LogP contribution in [0.25, 0.3) is 0 Å². The monoisotopic (exact) mass is 196 g/mol. The zero-order valence-electron chi connectivity index (χ0n) is 7.46. The van der Waals surface area contributed by atoms with Crippen LogP contribution < -0.4 is 0 Å². The average Bonchev–Trinajstić information content (AvgIpc) is 2.54. The first-order valence-electron chi connectivity index (χ1n) is 4.69. The minimum absolute atomic E-state index is 0.579.